The van der Waals surface area contributed by atoms with E-state index in [4.69, 9.17) is 0 Å². The molecule has 0 nitrogen and oxygen atoms in total. The summed E-state index contributed by atoms with van der Waals surface area (Å²) in [7, 11) is 0. The molecule has 14 heteroatoms. The van der Waals surface area contributed by atoms with Crippen LogP contribution in [0.2, 0.25) is 0 Å². The third kappa shape index (κ3) is 2.68. The average molecular weight is 392 g/mol. The summed E-state index contributed by atoms with van der Waals surface area (Å²) in [5.41, 5.74) is -7.08. The van der Waals surface area contributed by atoms with E-state index in [0.29, 0.717) is 0 Å². The predicted octanol–water partition coefficient (Wildman–Crippen LogP) is 4.77. The second kappa shape index (κ2) is 5.78. The van der Waals surface area contributed by atoms with E-state index in [1.807, 2.05) is 0 Å². The predicted molar refractivity (Wildman–Crippen MR) is 48.9 cm³/mol. The van der Waals surface area contributed by atoms with E-state index < -0.39 is 60.7 Å². The fourth-order valence-electron chi connectivity index (χ4n) is 2.32. The fourth-order valence-corrected chi connectivity index (χ4v) is 2.32. The molecule has 0 aromatic heterocycles. The Bertz CT molecular complexity index is 437. The van der Waals surface area contributed by atoms with Crippen molar-refractivity contribution in [2.24, 2.45) is 5.92 Å². The zero-order valence-corrected chi connectivity index (χ0v) is 10.8. The van der Waals surface area contributed by atoms with E-state index in [1.165, 1.54) is 0 Å². The van der Waals surface area contributed by atoms with Crippen molar-refractivity contribution in [3.05, 3.63) is 0 Å². The maximum atomic E-state index is 13.9. The summed E-state index contributed by atoms with van der Waals surface area (Å²) in [4.78, 5) is 0. The van der Waals surface area contributed by atoms with Gasteiger partial charge in [-0.15, -0.1) is 0 Å². The van der Waals surface area contributed by atoms with E-state index >= 15 is 0 Å². The van der Waals surface area contributed by atoms with E-state index in [-0.39, 0.29) is 0 Å². The van der Waals surface area contributed by atoms with Crippen LogP contribution in [0.3, 0.4) is 0 Å². The van der Waals surface area contributed by atoms with Gasteiger partial charge in [-0.25, -0.2) is 26.3 Å². The summed E-state index contributed by atoms with van der Waals surface area (Å²) in [6.45, 7) is 0. The van der Waals surface area contributed by atoms with Crippen LogP contribution in [-0.4, -0.2) is 54.8 Å². The fraction of sp³-hybridized carbons (Fsp3) is 1.00. The molecular formula is C10H6F14. The van der Waals surface area contributed by atoms with Gasteiger partial charge in [0.25, 0.3) is 5.67 Å². The highest BCUT2D eigenvalue weighted by molar-refractivity contribution is 5.16. The molecule has 0 bridgehead atoms. The molecule has 144 valence electrons. The molecule has 1 aliphatic carbocycles. The summed E-state index contributed by atoms with van der Waals surface area (Å²) in [5, 5.41) is 0. The van der Waals surface area contributed by atoms with Crippen molar-refractivity contribution in [1.82, 2.24) is 0 Å². The summed E-state index contributed by atoms with van der Waals surface area (Å²) < 4.78 is 180. The lowest BCUT2D eigenvalue weighted by Gasteiger charge is -2.46. The van der Waals surface area contributed by atoms with Crippen LogP contribution in [0, 0.1) is 5.92 Å². The molecule has 1 rings (SSSR count). The molecule has 5 unspecified atom stereocenters. The van der Waals surface area contributed by atoms with Crippen molar-refractivity contribution >= 4 is 0 Å². The van der Waals surface area contributed by atoms with Gasteiger partial charge < -0.3 is 0 Å². The second-order valence-corrected chi connectivity index (χ2v) is 5.03. The van der Waals surface area contributed by atoms with Gasteiger partial charge in [-0.3, -0.25) is 0 Å². The van der Waals surface area contributed by atoms with E-state index in [0.717, 1.165) is 0 Å². The highest BCUT2D eigenvalue weighted by Crippen LogP contribution is 2.60. The second-order valence-electron chi connectivity index (χ2n) is 5.03. The lowest BCUT2D eigenvalue weighted by molar-refractivity contribution is -0.405. The van der Waals surface area contributed by atoms with E-state index in [2.05, 4.69) is 0 Å². The van der Waals surface area contributed by atoms with Crippen LogP contribution in [0.15, 0.2) is 0 Å². The van der Waals surface area contributed by atoms with Gasteiger partial charge in [-0.05, 0) is 0 Å². The summed E-state index contributed by atoms with van der Waals surface area (Å²) >= 11 is 0. The van der Waals surface area contributed by atoms with E-state index in [9.17, 15) is 61.5 Å². The van der Waals surface area contributed by atoms with Crippen LogP contribution in [-0.2, 0) is 0 Å². The third-order valence-corrected chi connectivity index (χ3v) is 3.59. The number of alkyl halides is 14. The van der Waals surface area contributed by atoms with Crippen LogP contribution in [0.4, 0.5) is 61.5 Å². The maximum absolute atomic E-state index is 13.9. The molecule has 0 N–H and O–H groups in total. The average Bonchev–Trinajstić information content (AvgIpc) is 2.40. The normalized spacial score (nSPS) is 38.8. The Hall–Kier alpha value is -0.980. The van der Waals surface area contributed by atoms with Crippen LogP contribution in [0.1, 0.15) is 0 Å². The van der Waals surface area contributed by atoms with Crippen LogP contribution in [0.25, 0.3) is 0 Å². The molecule has 0 spiro atoms. The zero-order chi connectivity index (χ0) is 19.5. The Kier molecular flexibility index (Phi) is 5.07. The number of rotatable bonds is 2. The van der Waals surface area contributed by atoms with Gasteiger partial charge >= 0.3 is 18.3 Å². The largest absolute Gasteiger partial charge is 0.457 e. The van der Waals surface area contributed by atoms with Gasteiger partial charge in [0.05, 0.1) is 5.92 Å². The minimum atomic E-state index is -7.47. The summed E-state index contributed by atoms with van der Waals surface area (Å²) in [6, 6.07) is 0. The van der Waals surface area contributed by atoms with Gasteiger partial charge in [0.2, 0.25) is 0 Å². The third-order valence-electron chi connectivity index (χ3n) is 3.59. The van der Waals surface area contributed by atoms with Crippen LogP contribution in [0.5, 0.6) is 0 Å². The number of halogens is 14. The van der Waals surface area contributed by atoms with Gasteiger partial charge in [0, 0.05) is 0 Å². The first kappa shape index (κ1) is 21.1. The molecular weight excluding hydrogens is 386 g/mol. The van der Waals surface area contributed by atoms with Crippen LogP contribution < -0.4 is 0 Å². The summed E-state index contributed by atoms with van der Waals surface area (Å²) in [5.74, 6) is -12.3. The molecule has 1 saturated carbocycles. The molecule has 0 aromatic rings. The Morgan fingerprint density at radius 3 is 0.958 bits per heavy atom. The van der Waals surface area contributed by atoms with Crippen molar-refractivity contribution < 1.29 is 61.5 Å². The first-order valence-corrected chi connectivity index (χ1v) is 5.83. The molecule has 0 amide bonds. The molecule has 5 atom stereocenters. The highest BCUT2D eigenvalue weighted by atomic mass is 19.4. The molecule has 0 heterocycles. The first-order valence-electron chi connectivity index (χ1n) is 5.83. The Morgan fingerprint density at radius 2 is 0.708 bits per heavy atom. The molecule has 0 aromatic carbocycles. The standard InChI is InChI=1S/C10H6F14/c11-2-1(3(12)5(14)6(15)4(2)13)7(16,9(19,20)21)8(17,18)10(22,23)24/h1-6H. The van der Waals surface area contributed by atoms with Crippen molar-refractivity contribution in [2.45, 2.75) is 54.8 Å². The smallest absolute Gasteiger partial charge is 0.244 e. The Labute approximate surface area is 123 Å². The molecule has 1 fully saturated rings. The minimum Gasteiger partial charge on any atom is -0.244 e. The first-order chi connectivity index (χ1) is 10.4. The molecule has 0 radical (unpaired) electrons. The molecule has 0 saturated heterocycles. The van der Waals surface area contributed by atoms with E-state index in [1.54, 1.807) is 0 Å². The quantitative estimate of drug-likeness (QED) is 0.594. The van der Waals surface area contributed by atoms with Crippen molar-refractivity contribution in [3.8, 4) is 0 Å². The van der Waals surface area contributed by atoms with Crippen LogP contribution >= 0.6 is 0 Å². The maximum Gasteiger partial charge on any atom is 0.457 e. The number of hydrogen-bond donors (Lipinski definition) is 0. The monoisotopic (exact) mass is 392 g/mol. The lowest BCUT2D eigenvalue weighted by atomic mass is 9.70. The van der Waals surface area contributed by atoms with Crippen molar-refractivity contribution in [3.63, 3.8) is 0 Å². The Balaban J connectivity index is 3.63. The minimum absolute atomic E-state index is 3.82. The lowest BCUT2D eigenvalue weighted by Crippen LogP contribution is -2.72. The molecule has 1 aliphatic rings. The SMILES string of the molecule is FC1C(F)C(F)C(C(F)(C(F)(F)F)C(F)(F)C(F)(F)F)C(F)C1F. The Morgan fingerprint density at radius 1 is 0.417 bits per heavy atom. The van der Waals surface area contributed by atoms with Gasteiger partial charge in [0.1, 0.15) is 12.3 Å². The molecule has 0 aliphatic heterocycles. The van der Waals surface area contributed by atoms with Gasteiger partial charge in [0.15, 0.2) is 18.5 Å². The zero-order valence-electron chi connectivity index (χ0n) is 10.8. The van der Waals surface area contributed by atoms with Crippen molar-refractivity contribution in [1.29, 1.82) is 0 Å². The van der Waals surface area contributed by atoms with Gasteiger partial charge in [-0.1, -0.05) is 0 Å². The topological polar surface area (TPSA) is 0 Å². The van der Waals surface area contributed by atoms with Gasteiger partial charge in [-0.2, -0.15) is 35.1 Å². The summed E-state index contributed by atoms with van der Waals surface area (Å²) in [6.07, 6.45) is -35.5. The van der Waals surface area contributed by atoms with Crippen molar-refractivity contribution in [2.75, 3.05) is 0 Å². The highest BCUT2D eigenvalue weighted by Gasteiger charge is 2.86. The molecule has 24 heavy (non-hydrogen) atoms. The number of hydrogen-bond acceptors (Lipinski definition) is 0.